The lowest BCUT2D eigenvalue weighted by Gasteiger charge is -2.05. The molecule has 2 heterocycles. The Morgan fingerprint density at radius 1 is 1.12 bits per heavy atom. The summed E-state index contributed by atoms with van der Waals surface area (Å²) in [6.07, 6.45) is 7.55. The molecule has 5 nitrogen and oxygen atoms in total. The Hall–Kier alpha value is -2.30. The van der Waals surface area contributed by atoms with Crippen molar-refractivity contribution in [3.05, 3.63) is 58.4 Å². The normalized spacial score (nSPS) is 11.0. The quantitative estimate of drug-likeness (QED) is 0.666. The van der Waals surface area contributed by atoms with Gasteiger partial charge >= 0.3 is 0 Å². The van der Waals surface area contributed by atoms with Crippen LogP contribution in [0.1, 0.15) is 62.3 Å². The third kappa shape index (κ3) is 6.61. The van der Waals surface area contributed by atoms with Crippen molar-refractivity contribution in [3.8, 4) is 0 Å². The Morgan fingerprint density at radius 3 is 2.68 bits per heavy atom. The summed E-state index contributed by atoms with van der Waals surface area (Å²) in [6.45, 7) is 5.47. The van der Waals surface area contributed by atoms with Gasteiger partial charge in [0.1, 0.15) is 5.76 Å². The predicted molar refractivity (Wildman–Crippen MR) is 98.8 cm³/mol. The van der Waals surface area contributed by atoms with Gasteiger partial charge < -0.3 is 14.3 Å². The van der Waals surface area contributed by atoms with Crippen molar-refractivity contribution in [3.63, 3.8) is 0 Å². The van der Waals surface area contributed by atoms with E-state index in [2.05, 4.69) is 19.2 Å². The number of carbonyl (C=O) groups is 1. The minimum absolute atomic E-state index is 0.0950. The van der Waals surface area contributed by atoms with Crippen LogP contribution in [0.5, 0.6) is 0 Å². The first-order valence-electron chi connectivity index (χ1n) is 9.08. The first-order valence-corrected chi connectivity index (χ1v) is 9.08. The standard InChI is InChI=1S/C20H28N2O3/c1-16(2)9-5-3-4-7-13-21-20(24)18-12-11-17(25-18)15-22-14-8-6-10-19(22)23/h6,8,10-12,14,16H,3-5,7,9,13,15H2,1-2H3,(H,21,24). The van der Waals surface area contributed by atoms with Crippen molar-refractivity contribution in [2.75, 3.05) is 6.54 Å². The fraction of sp³-hybridized carbons (Fsp3) is 0.500. The zero-order chi connectivity index (χ0) is 18.1. The molecule has 0 bridgehead atoms. The van der Waals surface area contributed by atoms with Gasteiger partial charge in [-0.1, -0.05) is 45.6 Å². The number of furan rings is 1. The van der Waals surface area contributed by atoms with Crippen molar-refractivity contribution in [1.82, 2.24) is 9.88 Å². The van der Waals surface area contributed by atoms with Crippen molar-refractivity contribution < 1.29 is 9.21 Å². The largest absolute Gasteiger partial charge is 0.454 e. The van der Waals surface area contributed by atoms with E-state index < -0.39 is 0 Å². The van der Waals surface area contributed by atoms with E-state index >= 15 is 0 Å². The van der Waals surface area contributed by atoms with E-state index in [-0.39, 0.29) is 11.5 Å². The van der Waals surface area contributed by atoms with Crippen LogP contribution in [0.4, 0.5) is 0 Å². The van der Waals surface area contributed by atoms with Crippen LogP contribution in [0.15, 0.2) is 45.7 Å². The van der Waals surface area contributed by atoms with E-state index in [0.29, 0.717) is 24.6 Å². The van der Waals surface area contributed by atoms with Gasteiger partial charge in [0.25, 0.3) is 11.5 Å². The van der Waals surface area contributed by atoms with Gasteiger partial charge in [0.15, 0.2) is 5.76 Å². The second kappa shape index (κ2) is 9.87. The molecule has 5 heteroatoms. The minimum Gasteiger partial charge on any atom is -0.454 e. The van der Waals surface area contributed by atoms with Crippen LogP contribution in [0.25, 0.3) is 0 Å². The molecule has 0 atom stereocenters. The highest BCUT2D eigenvalue weighted by atomic mass is 16.4. The number of rotatable bonds is 10. The lowest BCUT2D eigenvalue weighted by atomic mass is 10.0. The molecule has 0 radical (unpaired) electrons. The first-order chi connectivity index (χ1) is 12.1. The molecule has 0 fully saturated rings. The molecule has 2 aromatic rings. The topological polar surface area (TPSA) is 64.2 Å². The molecule has 0 aromatic carbocycles. The fourth-order valence-electron chi connectivity index (χ4n) is 2.66. The molecule has 0 aliphatic rings. The van der Waals surface area contributed by atoms with Crippen LogP contribution in [-0.4, -0.2) is 17.0 Å². The number of pyridine rings is 1. The van der Waals surface area contributed by atoms with Gasteiger partial charge in [0.05, 0.1) is 6.54 Å². The molecule has 0 saturated carbocycles. The summed E-state index contributed by atoms with van der Waals surface area (Å²) >= 11 is 0. The average molecular weight is 344 g/mol. The molecule has 0 aliphatic heterocycles. The highest BCUT2D eigenvalue weighted by molar-refractivity contribution is 5.91. The molecule has 0 aliphatic carbocycles. The molecular weight excluding hydrogens is 316 g/mol. The lowest BCUT2D eigenvalue weighted by Crippen LogP contribution is -2.24. The average Bonchev–Trinajstić information content (AvgIpc) is 3.04. The van der Waals surface area contributed by atoms with E-state index in [1.807, 2.05) is 0 Å². The van der Waals surface area contributed by atoms with Gasteiger partial charge in [-0.15, -0.1) is 0 Å². The number of hydrogen-bond acceptors (Lipinski definition) is 3. The highest BCUT2D eigenvalue weighted by Crippen LogP contribution is 2.10. The van der Waals surface area contributed by atoms with Crippen LogP contribution in [-0.2, 0) is 6.54 Å². The lowest BCUT2D eigenvalue weighted by molar-refractivity contribution is 0.0923. The number of aromatic nitrogens is 1. The molecule has 136 valence electrons. The first kappa shape index (κ1) is 19.0. The fourth-order valence-corrected chi connectivity index (χ4v) is 2.66. The van der Waals surface area contributed by atoms with E-state index in [9.17, 15) is 9.59 Å². The zero-order valence-corrected chi connectivity index (χ0v) is 15.2. The summed E-state index contributed by atoms with van der Waals surface area (Å²) in [5.74, 6) is 1.44. The minimum atomic E-state index is -0.200. The molecule has 0 saturated heterocycles. The summed E-state index contributed by atoms with van der Waals surface area (Å²) in [7, 11) is 0. The Kier molecular flexibility index (Phi) is 7.51. The number of nitrogens with zero attached hydrogens (tertiary/aromatic N) is 1. The van der Waals surface area contributed by atoms with Gasteiger partial charge in [-0.05, 0) is 30.5 Å². The van der Waals surface area contributed by atoms with Gasteiger partial charge in [-0.3, -0.25) is 9.59 Å². The summed E-state index contributed by atoms with van der Waals surface area (Å²) in [4.78, 5) is 23.8. The van der Waals surface area contributed by atoms with Gasteiger partial charge in [-0.25, -0.2) is 0 Å². The zero-order valence-electron chi connectivity index (χ0n) is 15.2. The van der Waals surface area contributed by atoms with Gasteiger partial charge in [0, 0.05) is 18.8 Å². The third-order valence-corrected chi connectivity index (χ3v) is 4.10. The van der Waals surface area contributed by atoms with Crippen LogP contribution in [0.2, 0.25) is 0 Å². The Morgan fingerprint density at radius 2 is 1.92 bits per heavy atom. The van der Waals surface area contributed by atoms with Crippen LogP contribution in [0.3, 0.4) is 0 Å². The van der Waals surface area contributed by atoms with Crippen molar-refractivity contribution in [2.45, 2.75) is 52.5 Å². The maximum atomic E-state index is 12.1. The highest BCUT2D eigenvalue weighted by Gasteiger charge is 2.11. The summed E-state index contributed by atoms with van der Waals surface area (Å²) in [5.41, 5.74) is -0.0950. The number of nitrogens with one attached hydrogen (secondary N) is 1. The maximum absolute atomic E-state index is 12.1. The monoisotopic (exact) mass is 344 g/mol. The van der Waals surface area contributed by atoms with E-state index in [0.717, 1.165) is 18.8 Å². The van der Waals surface area contributed by atoms with E-state index in [4.69, 9.17) is 4.42 Å². The van der Waals surface area contributed by atoms with Crippen LogP contribution < -0.4 is 10.9 Å². The number of amides is 1. The maximum Gasteiger partial charge on any atom is 0.286 e. The summed E-state index contributed by atoms with van der Waals surface area (Å²) in [5, 5.41) is 2.89. The molecule has 25 heavy (non-hydrogen) atoms. The van der Waals surface area contributed by atoms with Crippen LogP contribution in [0, 0.1) is 5.92 Å². The molecular formula is C20H28N2O3. The van der Waals surface area contributed by atoms with E-state index in [1.165, 1.54) is 29.9 Å². The number of hydrogen-bond donors (Lipinski definition) is 1. The van der Waals surface area contributed by atoms with Crippen molar-refractivity contribution in [2.24, 2.45) is 5.92 Å². The smallest absolute Gasteiger partial charge is 0.286 e. The van der Waals surface area contributed by atoms with Crippen molar-refractivity contribution in [1.29, 1.82) is 0 Å². The molecule has 1 amide bonds. The van der Waals surface area contributed by atoms with E-state index in [1.54, 1.807) is 30.5 Å². The molecule has 2 aromatic heterocycles. The molecule has 0 spiro atoms. The Bertz CT molecular complexity index is 715. The van der Waals surface area contributed by atoms with Crippen LogP contribution >= 0.6 is 0 Å². The summed E-state index contributed by atoms with van der Waals surface area (Å²) < 4.78 is 7.09. The second-order valence-electron chi connectivity index (χ2n) is 6.79. The van der Waals surface area contributed by atoms with Gasteiger partial charge in [-0.2, -0.15) is 0 Å². The number of unbranched alkanes of at least 4 members (excludes halogenated alkanes) is 3. The predicted octanol–water partition coefficient (Wildman–Crippen LogP) is 3.83. The number of carbonyl (C=O) groups excluding carboxylic acids is 1. The molecule has 1 N–H and O–H groups in total. The second-order valence-corrected chi connectivity index (χ2v) is 6.79. The molecule has 2 rings (SSSR count). The Labute approximate surface area is 149 Å². The van der Waals surface area contributed by atoms with Crippen molar-refractivity contribution >= 4 is 5.91 Å². The Balaban J connectivity index is 1.71. The molecule has 0 unspecified atom stereocenters. The third-order valence-electron chi connectivity index (χ3n) is 4.10. The van der Waals surface area contributed by atoms with Gasteiger partial charge in [0.2, 0.25) is 0 Å². The SMILES string of the molecule is CC(C)CCCCCCNC(=O)c1ccc(Cn2ccccc2=O)o1. The summed E-state index contributed by atoms with van der Waals surface area (Å²) in [6, 6.07) is 8.38.